The van der Waals surface area contributed by atoms with Gasteiger partial charge in [-0.3, -0.25) is 9.59 Å². The van der Waals surface area contributed by atoms with Crippen molar-refractivity contribution in [2.75, 3.05) is 6.61 Å². The Balaban J connectivity index is 1.65. The zero-order valence-corrected chi connectivity index (χ0v) is 22.4. The zero-order chi connectivity index (χ0) is 28.0. The van der Waals surface area contributed by atoms with Crippen LogP contribution in [0.25, 0.3) is 11.1 Å². The van der Waals surface area contributed by atoms with Gasteiger partial charge in [-0.25, -0.2) is 9.59 Å². The number of esters is 1. The number of carboxylic acids is 1. The second kappa shape index (κ2) is 12.1. The largest absolute Gasteiger partial charge is 0.480 e. The second-order valence-electron chi connectivity index (χ2n) is 10.8. The minimum Gasteiger partial charge on any atom is -0.480 e. The average molecular weight is 525 g/mol. The molecule has 9 heteroatoms. The van der Waals surface area contributed by atoms with Gasteiger partial charge in [0.1, 0.15) is 24.3 Å². The Morgan fingerprint density at radius 2 is 1.45 bits per heavy atom. The summed E-state index contributed by atoms with van der Waals surface area (Å²) in [5.41, 5.74) is 3.52. The zero-order valence-electron chi connectivity index (χ0n) is 22.4. The topological polar surface area (TPSA) is 131 Å². The molecule has 2 atom stereocenters. The Bertz CT molecular complexity index is 1140. The molecule has 1 aliphatic rings. The van der Waals surface area contributed by atoms with Crippen molar-refractivity contribution in [3.8, 4) is 11.1 Å². The van der Waals surface area contributed by atoms with Crippen LogP contribution < -0.4 is 10.6 Å². The van der Waals surface area contributed by atoms with Crippen molar-refractivity contribution in [1.82, 2.24) is 10.6 Å². The van der Waals surface area contributed by atoms with Crippen LogP contribution in [0.15, 0.2) is 48.5 Å². The summed E-state index contributed by atoms with van der Waals surface area (Å²) in [7, 11) is 0. The molecule has 38 heavy (non-hydrogen) atoms. The highest BCUT2D eigenvalue weighted by Crippen LogP contribution is 2.44. The minimum atomic E-state index is -1.50. The highest BCUT2D eigenvalue weighted by molar-refractivity contribution is 5.91. The van der Waals surface area contributed by atoms with Gasteiger partial charge >= 0.3 is 18.0 Å². The van der Waals surface area contributed by atoms with Crippen LogP contribution in [0.2, 0.25) is 0 Å². The van der Waals surface area contributed by atoms with E-state index in [2.05, 4.69) is 10.6 Å². The van der Waals surface area contributed by atoms with E-state index in [-0.39, 0.29) is 24.9 Å². The van der Waals surface area contributed by atoms with Gasteiger partial charge in [0.2, 0.25) is 5.91 Å². The molecule has 3 rings (SSSR count). The van der Waals surface area contributed by atoms with E-state index < -0.39 is 48.0 Å². The number of benzene rings is 2. The normalized spacial score (nSPS) is 14.2. The fourth-order valence-electron chi connectivity index (χ4n) is 4.51. The first kappa shape index (κ1) is 28.7. The lowest BCUT2D eigenvalue weighted by atomic mass is 9.98. The number of rotatable bonds is 10. The second-order valence-corrected chi connectivity index (χ2v) is 10.8. The molecular formula is C29H36N2O7. The van der Waals surface area contributed by atoms with E-state index in [1.807, 2.05) is 62.4 Å². The van der Waals surface area contributed by atoms with Gasteiger partial charge in [0.05, 0.1) is 6.42 Å². The molecule has 204 valence electrons. The number of ether oxygens (including phenoxy) is 2. The maximum Gasteiger partial charge on any atom is 0.407 e. The number of alkyl carbamates (subject to hydrolysis) is 1. The van der Waals surface area contributed by atoms with Crippen LogP contribution in [0.4, 0.5) is 4.79 Å². The van der Waals surface area contributed by atoms with Gasteiger partial charge < -0.3 is 25.2 Å². The van der Waals surface area contributed by atoms with Crippen LogP contribution >= 0.6 is 0 Å². The summed E-state index contributed by atoms with van der Waals surface area (Å²) in [5.74, 6) is -2.99. The number of carbonyl (C=O) groups excluding carboxylic acids is 3. The van der Waals surface area contributed by atoms with Gasteiger partial charge in [-0.2, -0.15) is 0 Å². The van der Waals surface area contributed by atoms with E-state index >= 15 is 0 Å². The molecule has 0 radical (unpaired) electrons. The molecular weight excluding hydrogens is 488 g/mol. The lowest BCUT2D eigenvalue weighted by Crippen LogP contribution is -2.52. The molecule has 0 saturated heterocycles. The van der Waals surface area contributed by atoms with E-state index in [4.69, 9.17) is 9.47 Å². The third-order valence-electron chi connectivity index (χ3n) is 6.06. The van der Waals surface area contributed by atoms with E-state index in [1.54, 1.807) is 20.8 Å². The predicted octanol–water partition coefficient (Wildman–Crippen LogP) is 4.24. The first-order valence-electron chi connectivity index (χ1n) is 12.7. The molecule has 1 aliphatic carbocycles. The Morgan fingerprint density at radius 1 is 0.895 bits per heavy atom. The smallest absolute Gasteiger partial charge is 0.407 e. The van der Waals surface area contributed by atoms with Crippen molar-refractivity contribution in [3.05, 3.63) is 59.7 Å². The molecule has 0 heterocycles. The van der Waals surface area contributed by atoms with E-state index in [0.717, 1.165) is 22.3 Å². The van der Waals surface area contributed by atoms with E-state index in [1.165, 1.54) is 0 Å². The van der Waals surface area contributed by atoms with Gasteiger partial charge in [-0.15, -0.1) is 0 Å². The molecule has 0 bridgehead atoms. The molecule has 0 spiro atoms. The standard InChI is InChI=1S/C29H36N2O7/c1-17(2)14-23(26(33)30-24(27(34)35)15-25(32)38-29(3,4)5)31-28(36)37-16-22-20-12-8-6-10-18(20)19-11-7-9-13-21(19)22/h6-13,17,22-24H,14-16H2,1-5H3,(H,30,33)(H,31,36)(H,34,35)/t23-,24-/m0/s1. The minimum absolute atomic E-state index is 0.00812. The summed E-state index contributed by atoms with van der Waals surface area (Å²) < 4.78 is 10.7. The van der Waals surface area contributed by atoms with Crippen LogP contribution in [-0.4, -0.2) is 53.3 Å². The number of aliphatic carboxylic acids is 1. The lowest BCUT2D eigenvalue weighted by Gasteiger charge is -2.24. The fourth-order valence-corrected chi connectivity index (χ4v) is 4.51. The molecule has 0 fully saturated rings. The first-order valence-corrected chi connectivity index (χ1v) is 12.7. The highest BCUT2D eigenvalue weighted by Gasteiger charge is 2.32. The van der Waals surface area contributed by atoms with Crippen molar-refractivity contribution >= 4 is 23.9 Å². The Hall–Kier alpha value is -3.88. The van der Waals surface area contributed by atoms with E-state index in [0.29, 0.717) is 0 Å². The van der Waals surface area contributed by atoms with Crippen molar-refractivity contribution in [2.45, 2.75) is 71.1 Å². The molecule has 9 nitrogen and oxygen atoms in total. The van der Waals surface area contributed by atoms with Gasteiger partial charge in [0.25, 0.3) is 0 Å². The molecule has 0 saturated carbocycles. The quantitative estimate of drug-likeness (QED) is 0.396. The number of carbonyl (C=O) groups is 4. The molecule has 2 aromatic rings. The Kier molecular flexibility index (Phi) is 9.14. The van der Waals surface area contributed by atoms with Gasteiger partial charge in [-0.05, 0) is 55.4 Å². The maximum absolute atomic E-state index is 13.0. The van der Waals surface area contributed by atoms with Crippen LogP contribution in [0, 0.1) is 5.92 Å². The summed E-state index contributed by atoms with van der Waals surface area (Å²) in [5, 5.41) is 14.5. The van der Waals surface area contributed by atoms with Crippen molar-refractivity contribution in [3.63, 3.8) is 0 Å². The summed E-state index contributed by atoms with van der Waals surface area (Å²) in [6.07, 6.45) is -1.08. The average Bonchev–Trinajstić information content (AvgIpc) is 3.14. The molecule has 3 N–H and O–H groups in total. The number of carboxylic acid groups (broad SMARTS) is 1. The van der Waals surface area contributed by atoms with Crippen LogP contribution in [0.1, 0.15) is 64.5 Å². The van der Waals surface area contributed by atoms with Crippen molar-refractivity contribution in [1.29, 1.82) is 0 Å². The fraction of sp³-hybridized carbons (Fsp3) is 0.448. The van der Waals surface area contributed by atoms with Gasteiger partial charge in [-0.1, -0.05) is 62.4 Å². The van der Waals surface area contributed by atoms with Crippen molar-refractivity contribution in [2.24, 2.45) is 5.92 Å². The summed E-state index contributed by atoms with van der Waals surface area (Å²) in [6.45, 7) is 8.80. The molecule has 0 aliphatic heterocycles. The summed E-state index contributed by atoms with van der Waals surface area (Å²) >= 11 is 0. The maximum atomic E-state index is 13.0. The number of amides is 2. The van der Waals surface area contributed by atoms with Crippen LogP contribution in [-0.2, 0) is 23.9 Å². The Morgan fingerprint density at radius 3 is 1.95 bits per heavy atom. The first-order chi connectivity index (χ1) is 17.9. The van der Waals surface area contributed by atoms with Crippen molar-refractivity contribution < 1.29 is 33.8 Å². The number of hydrogen-bond donors (Lipinski definition) is 3. The summed E-state index contributed by atoms with van der Waals surface area (Å²) in [4.78, 5) is 49.6. The van der Waals surface area contributed by atoms with Crippen LogP contribution in [0.3, 0.4) is 0 Å². The van der Waals surface area contributed by atoms with Gasteiger partial charge in [0, 0.05) is 5.92 Å². The lowest BCUT2D eigenvalue weighted by molar-refractivity contribution is -0.158. The third kappa shape index (κ3) is 7.57. The predicted molar refractivity (Wildman–Crippen MR) is 141 cm³/mol. The number of fused-ring (bicyclic) bond motifs is 3. The molecule has 0 aromatic heterocycles. The monoisotopic (exact) mass is 524 g/mol. The Labute approximate surface area is 222 Å². The van der Waals surface area contributed by atoms with E-state index in [9.17, 15) is 24.3 Å². The molecule has 0 unspecified atom stereocenters. The number of hydrogen-bond acceptors (Lipinski definition) is 6. The SMILES string of the molecule is CC(C)C[C@H](NC(=O)OCC1c2ccccc2-c2ccccc21)C(=O)N[C@@H](CC(=O)OC(C)(C)C)C(=O)O. The third-order valence-corrected chi connectivity index (χ3v) is 6.06. The molecule has 2 amide bonds. The highest BCUT2D eigenvalue weighted by atomic mass is 16.6. The number of nitrogens with one attached hydrogen (secondary N) is 2. The van der Waals surface area contributed by atoms with Crippen LogP contribution in [0.5, 0.6) is 0 Å². The summed E-state index contributed by atoms with van der Waals surface area (Å²) in [6, 6.07) is 13.3. The molecule has 2 aromatic carbocycles. The van der Waals surface area contributed by atoms with Gasteiger partial charge in [0.15, 0.2) is 0 Å².